The summed E-state index contributed by atoms with van der Waals surface area (Å²) in [5.74, 6) is -0.449. The van der Waals surface area contributed by atoms with Crippen molar-refractivity contribution in [1.82, 2.24) is 5.32 Å². The van der Waals surface area contributed by atoms with Crippen molar-refractivity contribution in [3.05, 3.63) is 118 Å². The molecule has 1 unspecified atom stereocenters. The summed E-state index contributed by atoms with van der Waals surface area (Å²) in [6.07, 6.45) is -2.04. The summed E-state index contributed by atoms with van der Waals surface area (Å²) in [6, 6.07) is 22.0. The Morgan fingerprint density at radius 1 is 0.571 bits per heavy atom. The Balaban J connectivity index is 1.04. The number of hydrogen-bond acceptors (Lipinski definition) is 18. The second-order valence-corrected chi connectivity index (χ2v) is 19.5. The number of nitrogens with two attached hydrogens (primary N) is 1. The fourth-order valence-corrected chi connectivity index (χ4v) is 7.10. The summed E-state index contributed by atoms with van der Waals surface area (Å²) < 4.78 is 60.6. The number of rotatable bonds is 19. The fourth-order valence-electron chi connectivity index (χ4n) is 7.10. The maximum Gasteiger partial charge on any atom is 0.512 e. The van der Waals surface area contributed by atoms with Crippen LogP contribution < -0.4 is 32.6 Å². The number of terminal acetylenes is 1. The smallest absolute Gasteiger partial charge is 0.460 e. The standard InChI is InChI=1S/C53H60B2N4O18/c1-11-25-57-43(61)35-18-20-37(41(27-35)59-47(64)69-29-33-15-23-39(24-16-33)55-76-52(7,8)53(9,10)77-55)31-71-49(66)73-45(44(62)67-12-2)72-48(65)70-30-36-19-17-34(42(56)60)26-40(36)58-46(63)68-28-32-13-21-38(22-14-32)54-74-50(3,4)51(5,6)75-54/h1,13-24,26-27,45H,12,25,28-31H2,2-10H3,(H2,56,60)(H,57,61)(H,58,63)(H,59,64). The van der Waals surface area contributed by atoms with Crippen molar-refractivity contribution < 1.29 is 85.3 Å². The van der Waals surface area contributed by atoms with E-state index in [2.05, 4.69) is 21.9 Å². The van der Waals surface area contributed by atoms with Crippen LogP contribution in [0.3, 0.4) is 0 Å². The molecule has 0 radical (unpaired) electrons. The van der Waals surface area contributed by atoms with Crippen molar-refractivity contribution in [3.63, 3.8) is 0 Å². The number of primary amides is 1. The van der Waals surface area contributed by atoms with E-state index >= 15 is 0 Å². The van der Waals surface area contributed by atoms with Gasteiger partial charge in [0, 0.05) is 22.3 Å². The molecule has 2 fully saturated rings. The zero-order valence-electron chi connectivity index (χ0n) is 44.1. The molecule has 0 aromatic heterocycles. The van der Waals surface area contributed by atoms with E-state index < -0.39 is 98.4 Å². The minimum atomic E-state index is -2.36. The van der Waals surface area contributed by atoms with E-state index in [0.717, 1.165) is 10.9 Å². The number of esters is 1. The molecule has 2 aliphatic heterocycles. The Morgan fingerprint density at radius 3 is 1.36 bits per heavy atom. The lowest BCUT2D eigenvalue weighted by Crippen LogP contribution is -2.41. The normalized spacial score (nSPS) is 15.9. The van der Waals surface area contributed by atoms with Crippen LogP contribution >= 0.6 is 0 Å². The van der Waals surface area contributed by atoms with Gasteiger partial charge < -0.3 is 62.8 Å². The molecule has 1 atom stereocenters. The monoisotopic (exact) mass is 1060 g/mol. The highest BCUT2D eigenvalue weighted by Crippen LogP contribution is 2.37. The van der Waals surface area contributed by atoms with Crippen molar-refractivity contribution in [2.45, 2.75) is 117 Å². The fraction of sp³-hybridized carbons (Fsp3) is 0.377. The van der Waals surface area contributed by atoms with Gasteiger partial charge in [0.05, 0.1) is 46.9 Å². The van der Waals surface area contributed by atoms with Gasteiger partial charge in [0.15, 0.2) is 0 Å². The van der Waals surface area contributed by atoms with Crippen molar-refractivity contribution >= 4 is 78.8 Å². The van der Waals surface area contributed by atoms with Gasteiger partial charge in [0.25, 0.3) is 5.91 Å². The molecule has 22 nitrogen and oxygen atoms in total. The summed E-state index contributed by atoms with van der Waals surface area (Å²) in [4.78, 5) is 89.9. The topological polar surface area (TPSA) is 283 Å². The lowest BCUT2D eigenvalue weighted by Gasteiger charge is -2.32. The number of carbonyl (C=O) groups is 7. The Kier molecular flexibility index (Phi) is 18.7. The van der Waals surface area contributed by atoms with Crippen LogP contribution in [-0.4, -0.2) is 98.4 Å². The highest BCUT2D eigenvalue weighted by molar-refractivity contribution is 6.62. The molecule has 4 aromatic rings. The quantitative estimate of drug-likeness (QED) is 0.0270. The van der Waals surface area contributed by atoms with Crippen LogP contribution in [0.5, 0.6) is 0 Å². The predicted octanol–water partition coefficient (Wildman–Crippen LogP) is 6.14. The number of hydrogen-bond donors (Lipinski definition) is 4. The summed E-state index contributed by atoms with van der Waals surface area (Å²) in [5.41, 5.74) is 6.37. The van der Waals surface area contributed by atoms with Gasteiger partial charge in [-0.05, 0) is 109 Å². The van der Waals surface area contributed by atoms with Crippen LogP contribution in [0.4, 0.5) is 30.6 Å². The summed E-state index contributed by atoms with van der Waals surface area (Å²) in [7, 11) is -1.18. The molecule has 4 amide bonds. The molecule has 5 N–H and O–H groups in total. The van der Waals surface area contributed by atoms with E-state index in [1.807, 2.05) is 55.4 Å². The van der Waals surface area contributed by atoms with E-state index in [9.17, 15) is 33.6 Å². The molecule has 2 heterocycles. The molecule has 24 heteroatoms. The Labute approximate surface area is 445 Å². The number of anilines is 2. The molecule has 0 spiro atoms. The highest BCUT2D eigenvalue weighted by Gasteiger charge is 2.52. The Hall–Kier alpha value is -8.10. The van der Waals surface area contributed by atoms with Crippen LogP contribution in [0, 0.1) is 12.3 Å². The second kappa shape index (κ2) is 24.7. The molecule has 0 saturated carbocycles. The SMILES string of the molecule is C#CCNC(=O)c1ccc(COC(=O)OC(OC(=O)OCc2ccc(C(N)=O)cc2NC(=O)OCc2ccc(B3OC(C)(C)C(C)(C)O3)cc2)C(=O)OCC)c(NC(=O)OCc2ccc(B3OC(C)(C)C(C)(C)O3)cc2)c1. The number of carbonyl (C=O) groups excluding carboxylic acids is 7. The molecule has 77 heavy (non-hydrogen) atoms. The van der Waals surface area contributed by atoms with Gasteiger partial charge in [0.2, 0.25) is 5.91 Å². The molecule has 0 bridgehead atoms. The van der Waals surface area contributed by atoms with Gasteiger partial charge in [0.1, 0.15) is 26.4 Å². The van der Waals surface area contributed by atoms with Crippen molar-refractivity contribution in [2.24, 2.45) is 5.73 Å². The maximum absolute atomic E-state index is 13.1. The van der Waals surface area contributed by atoms with Crippen LogP contribution in [0.1, 0.15) is 105 Å². The lowest BCUT2D eigenvalue weighted by atomic mass is 9.79. The van der Waals surface area contributed by atoms with Crippen molar-refractivity contribution in [3.8, 4) is 12.3 Å². The van der Waals surface area contributed by atoms with E-state index in [1.165, 1.54) is 43.3 Å². The van der Waals surface area contributed by atoms with Gasteiger partial charge in [-0.1, -0.05) is 66.6 Å². The van der Waals surface area contributed by atoms with Gasteiger partial charge in [-0.2, -0.15) is 0 Å². The molecule has 4 aromatic carbocycles. The van der Waals surface area contributed by atoms with Gasteiger partial charge in [-0.25, -0.2) is 24.0 Å². The van der Waals surface area contributed by atoms with E-state index in [-0.39, 0.29) is 60.0 Å². The van der Waals surface area contributed by atoms with E-state index in [0.29, 0.717) is 11.1 Å². The van der Waals surface area contributed by atoms with Crippen molar-refractivity contribution in [1.29, 1.82) is 0 Å². The minimum Gasteiger partial charge on any atom is -0.460 e. The zero-order chi connectivity index (χ0) is 56.3. The minimum absolute atomic E-state index is 0.0130. The largest absolute Gasteiger partial charge is 0.512 e. The Bertz CT molecular complexity index is 2850. The molecule has 0 aliphatic carbocycles. The first-order valence-electron chi connectivity index (χ1n) is 24.2. The first kappa shape index (κ1) is 58.2. The molecule has 2 saturated heterocycles. The molecular formula is C53H60B2N4O18. The van der Waals surface area contributed by atoms with E-state index in [1.54, 1.807) is 48.5 Å². The number of amides is 4. The average Bonchev–Trinajstić information content (AvgIpc) is 3.74. The zero-order valence-corrected chi connectivity index (χ0v) is 44.1. The third-order valence-corrected chi connectivity index (χ3v) is 12.9. The average molecular weight is 1060 g/mol. The van der Waals surface area contributed by atoms with Gasteiger partial charge in [-0.15, -0.1) is 6.42 Å². The molecular weight excluding hydrogens is 1000 g/mol. The van der Waals surface area contributed by atoms with Crippen LogP contribution in [-0.2, 0) is 83.0 Å². The maximum atomic E-state index is 13.1. The molecule has 6 rings (SSSR count). The number of nitrogens with one attached hydrogen (secondary N) is 3. The predicted molar refractivity (Wildman–Crippen MR) is 277 cm³/mol. The molecule has 2 aliphatic rings. The summed E-state index contributed by atoms with van der Waals surface area (Å²) >= 11 is 0. The summed E-state index contributed by atoms with van der Waals surface area (Å²) in [5, 5.41) is 7.54. The van der Waals surface area contributed by atoms with Crippen LogP contribution in [0.2, 0.25) is 0 Å². The third kappa shape index (κ3) is 15.3. The lowest BCUT2D eigenvalue weighted by molar-refractivity contribution is -0.180. The van der Waals surface area contributed by atoms with Crippen molar-refractivity contribution in [2.75, 3.05) is 23.8 Å². The molecule has 406 valence electrons. The van der Waals surface area contributed by atoms with E-state index in [4.69, 9.17) is 63.9 Å². The first-order chi connectivity index (χ1) is 36.3. The highest BCUT2D eigenvalue weighted by atomic mass is 16.8. The van der Waals surface area contributed by atoms with Crippen LogP contribution in [0.25, 0.3) is 0 Å². The number of ether oxygens (including phenoxy) is 7. The first-order valence-corrected chi connectivity index (χ1v) is 24.2. The Morgan fingerprint density at radius 2 is 0.974 bits per heavy atom. The van der Waals surface area contributed by atoms with Crippen LogP contribution in [0.15, 0.2) is 84.9 Å². The third-order valence-electron chi connectivity index (χ3n) is 12.9. The van der Waals surface area contributed by atoms with Gasteiger partial charge in [-0.3, -0.25) is 20.2 Å². The van der Waals surface area contributed by atoms with Gasteiger partial charge >= 0.3 is 51.0 Å². The second-order valence-electron chi connectivity index (χ2n) is 19.5. The number of benzene rings is 4. The summed E-state index contributed by atoms with van der Waals surface area (Å²) in [6.45, 7) is 15.1.